The fraction of sp³-hybridized carbons (Fsp3) is 0.200. The van der Waals surface area contributed by atoms with E-state index in [9.17, 15) is 9.59 Å². The predicted molar refractivity (Wildman–Crippen MR) is 62.3 cm³/mol. The highest BCUT2D eigenvalue weighted by Crippen LogP contribution is 2.31. The summed E-state index contributed by atoms with van der Waals surface area (Å²) in [5, 5.41) is 8.83. The number of carbonyl (C=O) groups is 2. The van der Waals surface area contributed by atoms with Crippen LogP contribution in [0.4, 0.5) is 0 Å². The summed E-state index contributed by atoms with van der Waals surface area (Å²) in [6, 6.07) is 2.91. The second kappa shape index (κ2) is 5.32. The summed E-state index contributed by atoms with van der Waals surface area (Å²) in [6.07, 6.45) is 0. The molecule has 1 N–H and O–H groups in total. The Bertz CT molecular complexity index is 445. The van der Waals surface area contributed by atoms with Crippen molar-refractivity contribution >= 4 is 39.3 Å². The van der Waals surface area contributed by atoms with Crippen LogP contribution < -0.4 is 4.74 Å². The minimum Gasteiger partial charge on any atom is -0.481 e. The van der Waals surface area contributed by atoms with E-state index in [1.165, 1.54) is 19.1 Å². The van der Waals surface area contributed by atoms with Crippen LogP contribution >= 0.6 is 27.5 Å². The molecule has 0 atom stereocenters. The Morgan fingerprint density at radius 3 is 2.62 bits per heavy atom. The monoisotopic (exact) mass is 306 g/mol. The maximum absolute atomic E-state index is 11.3. The van der Waals surface area contributed by atoms with Crippen molar-refractivity contribution in [2.75, 3.05) is 6.61 Å². The quantitative estimate of drug-likeness (QED) is 0.869. The summed E-state index contributed by atoms with van der Waals surface area (Å²) in [6.45, 7) is 0.849. The average molecular weight is 308 g/mol. The molecule has 0 saturated carbocycles. The molecule has 0 saturated heterocycles. The molecule has 0 bridgehead atoms. The second-order valence-corrected chi connectivity index (χ2v) is 4.26. The first-order valence-electron chi connectivity index (χ1n) is 4.26. The largest absolute Gasteiger partial charge is 0.481 e. The normalized spacial score (nSPS) is 9.94. The molecule has 0 aliphatic rings. The van der Waals surface area contributed by atoms with Crippen LogP contribution in [0.5, 0.6) is 5.75 Å². The number of hydrogen-bond donors (Lipinski definition) is 1. The second-order valence-electron chi connectivity index (χ2n) is 3.00. The molecule has 1 rings (SSSR count). The van der Waals surface area contributed by atoms with Gasteiger partial charge in [0.1, 0.15) is 5.75 Å². The lowest BCUT2D eigenvalue weighted by molar-refractivity contribution is -0.139. The van der Waals surface area contributed by atoms with Crippen LogP contribution in [0, 0.1) is 0 Å². The number of halogens is 2. The van der Waals surface area contributed by atoms with Gasteiger partial charge in [0, 0.05) is 10.5 Å². The lowest BCUT2D eigenvalue weighted by Crippen LogP contribution is -2.11. The van der Waals surface area contributed by atoms with Gasteiger partial charge in [-0.3, -0.25) is 4.79 Å². The number of benzene rings is 1. The first kappa shape index (κ1) is 13.0. The van der Waals surface area contributed by atoms with Crippen LogP contribution in [0.25, 0.3) is 0 Å². The van der Waals surface area contributed by atoms with E-state index in [4.69, 9.17) is 21.4 Å². The fourth-order valence-corrected chi connectivity index (χ4v) is 1.56. The Morgan fingerprint density at radius 1 is 1.50 bits per heavy atom. The summed E-state index contributed by atoms with van der Waals surface area (Å²) in [7, 11) is 0. The molecule has 0 unspecified atom stereocenters. The summed E-state index contributed by atoms with van der Waals surface area (Å²) in [5.74, 6) is -1.17. The number of aliphatic carboxylic acids is 1. The Morgan fingerprint density at radius 2 is 2.12 bits per heavy atom. The number of carbonyl (C=O) groups excluding carboxylic acids is 1. The number of carboxylic acids is 1. The van der Waals surface area contributed by atoms with Crippen molar-refractivity contribution in [1.82, 2.24) is 0 Å². The summed E-state index contributed by atoms with van der Waals surface area (Å²) in [5.41, 5.74) is 0.289. The molecule has 0 aliphatic heterocycles. The van der Waals surface area contributed by atoms with Crippen LogP contribution in [0.3, 0.4) is 0 Å². The zero-order valence-corrected chi connectivity index (χ0v) is 10.6. The van der Waals surface area contributed by atoms with E-state index in [-0.39, 0.29) is 17.1 Å². The molecular formula is C10H8BrClO4. The van der Waals surface area contributed by atoms with E-state index in [1.807, 2.05) is 0 Å². The van der Waals surface area contributed by atoms with Gasteiger partial charge in [0.05, 0.1) is 10.6 Å². The molecule has 0 radical (unpaired) electrons. The third-order valence-electron chi connectivity index (χ3n) is 1.75. The van der Waals surface area contributed by atoms with Crippen LogP contribution in [-0.2, 0) is 4.79 Å². The van der Waals surface area contributed by atoms with Gasteiger partial charge in [0.25, 0.3) is 0 Å². The van der Waals surface area contributed by atoms with Crippen LogP contribution in [-0.4, -0.2) is 23.5 Å². The van der Waals surface area contributed by atoms with E-state index in [0.717, 1.165) is 0 Å². The third kappa shape index (κ3) is 3.21. The third-order valence-corrected chi connectivity index (χ3v) is 2.95. The van der Waals surface area contributed by atoms with Crippen molar-refractivity contribution in [2.24, 2.45) is 0 Å². The lowest BCUT2D eigenvalue weighted by atomic mass is 10.1. The van der Waals surface area contributed by atoms with E-state index < -0.39 is 12.6 Å². The summed E-state index contributed by atoms with van der Waals surface area (Å²) < 4.78 is 5.53. The Labute approximate surface area is 105 Å². The van der Waals surface area contributed by atoms with Gasteiger partial charge in [-0.05, 0) is 28.9 Å². The first-order chi connectivity index (χ1) is 7.41. The highest BCUT2D eigenvalue weighted by atomic mass is 79.9. The molecule has 6 heteroatoms. The maximum Gasteiger partial charge on any atom is 0.341 e. The molecule has 0 amide bonds. The van der Waals surface area contributed by atoms with Gasteiger partial charge < -0.3 is 9.84 Å². The Balaban J connectivity index is 3.09. The van der Waals surface area contributed by atoms with Crippen LogP contribution in [0.1, 0.15) is 17.3 Å². The molecule has 86 valence electrons. The summed E-state index contributed by atoms with van der Waals surface area (Å²) in [4.78, 5) is 21.6. The van der Waals surface area contributed by atoms with Crippen molar-refractivity contribution in [3.05, 3.63) is 27.2 Å². The molecule has 1 aromatic carbocycles. The average Bonchev–Trinajstić information content (AvgIpc) is 2.18. The molecule has 0 spiro atoms. The highest BCUT2D eigenvalue weighted by Gasteiger charge is 2.13. The molecule has 16 heavy (non-hydrogen) atoms. The minimum atomic E-state index is -1.12. The van der Waals surface area contributed by atoms with Crippen molar-refractivity contribution in [1.29, 1.82) is 0 Å². The fourth-order valence-electron chi connectivity index (χ4n) is 1.06. The minimum absolute atomic E-state index is 0.170. The van der Waals surface area contributed by atoms with Crippen molar-refractivity contribution in [3.63, 3.8) is 0 Å². The first-order valence-corrected chi connectivity index (χ1v) is 5.43. The molecule has 0 fully saturated rings. The van der Waals surface area contributed by atoms with Gasteiger partial charge in [-0.1, -0.05) is 11.6 Å². The Hall–Kier alpha value is -1.07. The molecular weight excluding hydrogens is 299 g/mol. The SMILES string of the molecule is CC(=O)c1cc(Br)c(Cl)cc1OCC(=O)O. The number of carboxylic acid groups (broad SMARTS) is 1. The highest BCUT2D eigenvalue weighted by molar-refractivity contribution is 9.10. The van der Waals surface area contributed by atoms with Crippen molar-refractivity contribution < 1.29 is 19.4 Å². The van der Waals surface area contributed by atoms with Gasteiger partial charge in [-0.25, -0.2) is 4.79 Å². The topological polar surface area (TPSA) is 63.6 Å². The van der Waals surface area contributed by atoms with Gasteiger partial charge in [0.2, 0.25) is 0 Å². The van der Waals surface area contributed by atoms with E-state index in [2.05, 4.69) is 15.9 Å². The molecule has 1 aromatic rings. The number of hydrogen-bond acceptors (Lipinski definition) is 3. The number of ketones is 1. The summed E-state index contributed by atoms with van der Waals surface area (Å²) >= 11 is 8.99. The van der Waals surface area contributed by atoms with Crippen LogP contribution in [0.2, 0.25) is 5.02 Å². The zero-order valence-electron chi connectivity index (χ0n) is 8.29. The molecule has 0 aliphatic carbocycles. The Kier molecular flexibility index (Phi) is 4.32. The molecule has 0 heterocycles. The van der Waals surface area contributed by atoms with E-state index in [0.29, 0.717) is 9.50 Å². The lowest BCUT2D eigenvalue weighted by Gasteiger charge is -2.09. The molecule has 0 aromatic heterocycles. The number of ether oxygens (including phenoxy) is 1. The van der Waals surface area contributed by atoms with Gasteiger partial charge in [-0.15, -0.1) is 0 Å². The smallest absolute Gasteiger partial charge is 0.341 e. The van der Waals surface area contributed by atoms with Crippen molar-refractivity contribution in [2.45, 2.75) is 6.92 Å². The van der Waals surface area contributed by atoms with E-state index >= 15 is 0 Å². The van der Waals surface area contributed by atoms with Gasteiger partial charge in [-0.2, -0.15) is 0 Å². The zero-order chi connectivity index (χ0) is 12.3. The number of Topliss-reactive ketones (excluding diaryl/α,β-unsaturated/α-hetero) is 1. The van der Waals surface area contributed by atoms with E-state index in [1.54, 1.807) is 0 Å². The standard InChI is InChI=1S/C10H8BrClO4/c1-5(13)6-2-7(11)8(12)3-9(6)16-4-10(14)15/h2-3H,4H2,1H3,(H,14,15). The predicted octanol–water partition coefficient (Wildman–Crippen LogP) is 2.77. The molecule has 4 nitrogen and oxygen atoms in total. The van der Waals surface area contributed by atoms with Gasteiger partial charge >= 0.3 is 5.97 Å². The number of rotatable bonds is 4. The maximum atomic E-state index is 11.3. The van der Waals surface area contributed by atoms with Gasteiger partial charge in [0.15, 0.2) is 12.4 Å². The van der Waals surface area contributed by atoms with Crippen LogP contribution in [0.15, 0.2) is 16.6 Å². The van der Waals surface area contributed by atoms with Crippen molar-refractivity contribution in [3.8, 4) is 5.75 Å².